The highest BCUT2D eigenvalue weighted by Crippen LogP contribution is 2.39. The second-order valence-electron chi connectivity index (χ2n) is 7.54. The van der Waals surface area contributed by atoms with Crippen LogP contribution >= 0.6 is 0 Å². The summed E-state index contributed by atoms with van der Waals surface area (Å²) < 4.78 is 5.60. The minimum atomic E-state index is -1.01. The smallest absolute Gasteiger partial charge is 0.325 e. The lowest BCUT2D eigenvalue weighted by Crippen LogP contribution is -2.47. The molecule has 1 heterocycles. The van der Waals surface area contributed by atoms with Gasteiger partial charge in [-0.1, -0.05) is 36.4 Å². The van der Waals surface area contributed by atoms with Gasteiger partial charge in [0.1, 0.15) is 24.0 Å². The van der Waals surface area contributed by atoms with Crippen LogP contribution in [0.25, 0.3) is 0 Å². The molecule has 0 radical (unpaired) electrons. The Morgan fingerprint density at radius 1 is 1.21 bits per heavy atom. The van der Waals surface area contributed by atoms with Crippen LogP contribution in [-0.4, -0.2) is 41.2 Å². The molecule has 2 atom stereocenters. The van der Waals surface area contributed by atoms with E-state index in [0.29, 0.717) is 12.2 Å². The van der Waals surface area contributed by atoms with E-state index in [0.717, 1.165) is 34.4 Å². The van der Waals surface area contributed by atoms with Crippen LogP contribution < -0.4 is 10.1 Å². The Kier molecular flexibility index (Phi) is 4.81. The topological polar surface area (TPSA) is 78.9 Å². The number of ether oxygens (including phenoxy) is 1. The number of aliphatic hydroxyl groups excluding tert-OH is 1. The number of hydrogen-bond donors (Lipinski definition) is 2. The Morgan fingerprint density at radius 3 is 2.86 bits per heavy atom. The molecule has 2 N–H and O–H groups in total. The van der Waals surface area contributed by atoms with E-state index >= 15 is 0 Å². The molecule has 1 fully saturated rings. The summed E-state index contributed by atoms with van der Waals surface area (Å²) in [6.07, 6.45) is 1.33. The number of nitrogens with zero attached hydrogens (tertiary/aromatic N) is 1. The number of urea groups is 1. The van der Waals surface area contributed by atoms with Crippen molar-refractivity contribution in [2.45, 2.75) is 37.8 Å². The van der Waals surface area contributed by atoms with Gasteiger partial charge in [-0.15, -0.1) is 0 Å². The Labute approximate surface area is 164 Å². The fraction of sp³-hybridized carbons (Fsp3) is 0.364. The SMILES string of the molecule is Cc1cccc(OC[C@@H](O)CN2C(=O)N[C@@]3(CCCc4ccccc43)C2=O)c1. The molecule has 146 valence electrons. The number of hydrogen-bond acceptors (Lipinski definition) is 4. The van der Waals surface area contributed by atoms with Crippen molar-refractivity contribution in [3.05, 3.63) is 65.2 Å². The summed E-state index contributed by atoms with van der Waals surface area (Å²) in [7, 11) is 0. The van der Waals surface area contributed by atoms with E-state index in [-0.39, 0.29) is 19.1 Å². The third kappa shape index (κ3) is 3.24. The highest BCUT2D eigenvalue weighted by Gasteiger charge is 2.54. The van der Waals surface area contributed by atoms with E-state index < -0.39 is 17.7 Å². The normalized spacial score (nSPS) is 22.1. The van der Waals surface area contributed by atoms with Gasteiger partial charge < -0.3 is 15.2 Å². The first-order valence-electron chi connectivity index (χ1n) is 9.60. The standard InChI is InChI=1S/C22H24N2O4/c1-15-6-4-9-18(12-15)28-14-17(25)13-24-20(26)22(23-21(24)27)11-5-8-16-7-2-3-10-19(16)22/h2-4,6-7,9-10,12,17,25H,5,8,11,13-14H2,1H3,(H,23,27)/t17-,22+/m0/s1. The third-order valence-electron chi connectivity index (χ3n) is 5.48. The maximum Gasteiger partial charge on any atom is 0.325 e. The van der Waals surface area contributed by atoms with Crippen molar-refractivity contribution < 1.29 is 19.4 Å². The van der Waals surface area contributed by atoms with Gasteiger partial charge in [-0.2, -0.15) is 0 Å². The van der Waals surface area contributed by atoms with Crippen LogP contribution in [0.15, 0.2) is 48.5 Å². The average molecular weight is 380 g/mol. The van der Waals surface area contributed by atoms with E-state index in [9.17, 15) is 14.7 Å². The lowest BCUT2D eigenvalue weighted by atomic mass is 9.76. The number of benzene rings is 2. The summed E-state index contributed by atoms with van der Waals surface area (Å²) in [5, 5.41) is 13.3. The van der Waals surface area contributed by atoms with Gasteiger partial charge in [0.25, 0.3) is 5.91 Å². The van der Waals surface area contributed by atoms with Gasteiger partial charge in [-0.05, 0) is 55.0 Å². The molecule has 2 aromatic rings. The fourth-order valence-corrected chi connectivity index (χ4v) is 4.14. The fourth-order valence-electron chi connectivity index (χ4n) is 4.14. The zero-order valence-corrected chi connectivity index (χ0v) is 15.9. The Morgan fingerprint density at radius 2 is 2.04 bits per heavy atom. The first-order chi connectivity index (χ1) is 13.5. The van der Waals surface area contributed by atoms with E-state index in [1.54, 1.807) is 6.07 Å². The first-order valence-corrected chi connectivity index (χ1v) is 9.60. The minimum absolute atomic E-state index is 0.00407. The molecule has 0 aromatic heterocycles. The average Bonchev–Trinajstić information content (AvgIpc) is 2.92. The number of β-amino-alcohol motifs (C(OH)–C–C–N with tert-alkyl or cyclic N) is 1. The molecular formula is C22H24N2O4. The summed E-state index contributed by atoms with van der Waals surface area (Å²) in [6, 6.07) is 14.8. The Bertz CT molecular complexity index is 913. The first kappa shape index (κ1) is 18.5. The number of nitrogens with one attached hydrogen (secondary N) is 1. The number of carbonyl (C=O) groups excluding carboxylic acids is 2. The van der Waals surface area contributed by atoms with Crippen molar-refractivity contribution in [3.8, 4) is 5.75 Å². The molecular weight excluding hydrogens is 356 g/mol. The van der Waals surface area contributed by atoms with Crippen molar-refractivity contribution in [2.24, 2.45) is 0 Å². The molecule has 28 heavy (non-hydrogen) atoms. The lowest BCUT2D eigenvalue weighted by molar-refractivity contribution is -0.133. The lowest BCUT2D eigenvalue weighted by Gasteiger charge is -2.33. The Hall–Kier alpha value is -2.86. The monoisotopic (exact) mass is 380 g/mol. The number of fused-ring (bicyclic) bond motifs is 2. The zero-order valence-electron chi connectivity index (χ0n) is 15.9. The van der Waals surface area contributed by atoms with Crippen molar-refractivity contribution in [1.82, 2.24) is 10.2 Å². The number of aryl methyl sites for hydroxylation is 2. The van der Waals surface area contributed by atoms with Crippen molar-refractivity contribution >= 4 is 11.9 Å². The van der Waals surface area contributed by atoms with Crippen LogP contribution in [0.4, 0.5) is 4.79 Å². The molecule has 1 aliphatic carbocycles. The summed E-state index contributed by atoms with van der Waals surface area (Å²) in [5.74, 6) is 0.355. The minimum Gasteiger partial charge on any atom is -0.491 e. The van der Waals surface area contributed by atoms with Crippen LogP contribution in [0.1, 0.15) is 29.5 Å². The zero-order chi connectivity index (χ0) is 19.7. The molecule has 0 unspecified atom stereocenters. The van der Waals surface area contributed by atoms with Crippen molar-refractivity contribution in [1.29, 1.82) is 0 Å². The van der Waals surface area contributed by atoms with E-state index in [1.807, 2.05) is 49.4 Å². The molecule has 1 saturated heterocycles. The van der Waals surface area contributed by atoms with Gasteiger partial charge in [-0.25, -0.2) is 4.79 Å². The van der Waals surface area contributed by atoms with E-state index in [4.69, 9.17) is 4.74 Å². The summed E-state index contributed by atoms with van der Waals surface area (Å²) in [4.78, 5) is 26.9. The van der Waals surface area contributed by atoms with Crippen molar-refractivity contribution in [3.63, 3.8) is 0 Å². The molecule has 4 rings (SSSR count). The van der Waals surface area contributed by atoms with Crippen LogP contribution in [0, 0.1) is 6.92 Å². The van der Waals surface area contributed by atoms with E-state index in [1.165, 1.54) is 0 Å². The van der Waals surface area contributed by atoms with Gasteiger partial charge in [0, 0.05) is 0 Å². The quantitative estimate of drug-likeness (QED) is 0.782. The van der Waals surface area contributed by atoms with Gasteiger partial charge in [0.2, 0.25) is 0 Å². The van der Waals surface area contributed by atoms with Crippen molar-refractivity contribution in [2.75, 3.05) is 13.2 Å². The largest absolute Gasteiger partial charge is 0.491 e. The number of aliphatic hydroxyl groups is 1. The van der Waals surface area contributed by atoms with Gasteiger partial charge in [-0.3, -0.25) is 9.69 Å². The van der Waals surface area contributed by atoms with Gasteiger partial charge >= 0.3 is 6.03 Å². The summed E-state index contributed by atoms with van der Waals surface area (Å²) >= 11 is 0. The van der Waals surface area contributed by atoms with E-state index in [2.05, 4.69) is 5.32 Å². The molecule has 0 saturated carbocycles. The molecule has 1 aliphatic heterocycles. The highest BCUT2D eigenvalue weighted by atomic mass is 16.5. The number of amides is 3. The van der Waals surface area contributed by atoms with Gasteiger partial charge in [0.15, 0.2) is 0 Å². The molecule has 2 aromatic carbocycles. The number of carbonyl (C=O) groups is 2. The predicted molar refractivity (Wildman–Crippen MR) is 104 cm³/mol. The molecule has 2 aliphatic rings. The number of rotatable bonds is 5. The molecule has 6 heteroatoms. The summed E-state index contributed by atoms with van der Waals surface area (Å²) in [5.41, 5.74) is 2.00. The van der Waals surface area contributed by atoms with Gasteiger partial charge in [0.05, 0.1) is 6.54 Å². The predicted octanol–water partition coefficient (Wildman–Crippen LogP) is 2.52. The van der Waals surface area contributed by atoms with Crippen LogP contribution in [0.2, 0.25) is 0 Å². The number of imide groups is 1. The van der Waals surface area contributed by atoms with Crippen LogP contribution in [-0.2, 0) is 16.8 Å². The van der Waals surface area contributed by atoms with Crippen LogP contribution in [0.5, 0.6) is 5.75 Å². The second kappa shape index (κ2) is 7.28. The maximum absolute atomic E-state index is 13.2. The third-order valence-corrected chi connectivity index (χ3v) is 5.48. The molecule has 6 nitrogen and oxygen atoms in total. The Balaban J connectivity index is 1.46. The molecule has 0 bridgehead atoms. The molecule has 1 spiro atoms. The maximum atomic E-state index is 13.2. The molecule has 3 amide bonds. The van der Waals surface area contributed by atoms with Crippen LogP contribution in [0.3, 0.4) is 0 Å². The highest BCUT2D eigenvalue weighted by molar-refractivity contribution is 6.07. The summed E-state index contributed by atoms with van der Waals surface area (Å²) in [6.45, 7) is 1.86. The second-order valence-corrected chi connectivity index (χ2v) is 7.54.